The van der Waals surface area contributed by atoms with Crippen molar-refractivity contribution < 1.29 is 28.6 Å². The first-order valence-corrected chi connectivity index (χ1v) is 6.40. The summed E-state index contributed by atoms with van der Waals surface area (Å²) in [7, 11) is 0. The van der Waals surface area contributed by atoms with Crippen LogP contribution in [0.25, 0.3) is 0 Å². The van der Waals surface area contributed by atoms with Gasteiger partial charge in [0, 0.05) is 0 Å². The number of nitrogens with one attached hydrogen (secondary N) is 1. The van der Waals surface area contributed by atoms with Crippen LogP contribution in [0.2, 0.25) is 0 Å². The maximum Gasteiger partial charge on any atom is 0.407 e. The minimum absolute atomic E-state index is 0.0389. The van der Waals surface area contributed by atoms with Crippen molar-refractivity contribution >= 4 is 18.0 Å². The number of carbonyl (C=O) groups is 3. The zero-order chi connectivity index (χ0) is 15.9. The molecule has 0 aromatic heterocycles. The van der Waals surface area contributed by atoms with Gasteiger partial charge in [-0.15, -0.1) is 0 Å². The molecule has 21 heavy (non-hydrogen) atoms. The van der Waals surface area contributed by atoms with Crippen molar-refractivity contribution in [2.75, 3.05) is 19.8 Å². The number of rotatable bonds is 8. The van der Waals surface area contributed by atoms with Gasteiger partial charge in [-0.05, 0) is 12.5 Å². The SMILES string of the molecule is C=CCOC(=O)CC1(CC(=O)OCC(=C)C)CNC(=O)O1. The summed E-state index contributed by atoms with van der Waals surface area (Å²) in [4.78, 5) is 34.7. The van der Waals surface area contributed by atoms with E-state index in [9.17, 15) is 14.4 Å². The van der Waals surface area contributed by atoms with Crippen LogP contribution in [-0.4, -0.2) is 43.4 Å². The van der Waals surface area contributed by atoms with Crippen LogP contribution in [0.3, 0.4) is 0 Å². The number of hydrogen-bond acceptors (Lipinski definition) is 6. The van der Waals surface area contributed by atoms with Gasteiger partial charge in [-0.1, -0.05) is 19.2 Å². The number of amides is 1. The molecule has 0 aromatic rings. The van der Waals surface area contributed by atoms with E-state index in [2.05, 4.69) is 18.5 Å². The third kappa shape index (κ3) is 5.68. The third-order valence-electron chi connectivity index (χ3n) is 2.64. The van der Waals surface area contributed by atoms with Crippen LogP contribution in [0, 0.1) is 0 Å². The smallest absolute Gasteiger partial charge is 0.407 e. The van der Waals surface area contributed by atoms with Gasteiger partial charge in [0.1, 0.15) is 13.2 Å². The van der Waals surface area contributed by atoms with Gasteiger partial charge in [-0.25, -0.2) is 4.79 Å². The number of ether oxygens (including phenoxy) is 3. The molecule has 1 aliphatic rings. The summed E-state index contributed by atoms with van der Waals surface area (Å²) in [6.07, 6.45) is 0.272. The second-order valence-electron chi connectivity index (χ2n) is 4.87. The van der Waals surface area contributed by atoms with Crippen LogP contribution >= 0.6 is 0 Å². The lowest BCUT2D eigenvalue weighted by Gasteiger charge is -2.24. The topological polar surface area (TPSA) is 90.9 Å². The standard InChI is InChI=1S/C14H19NO6/c1-4-5-19-11(16)6-14(9-15-13(18)21-14)7-12(17)20-8-10(2)3/h4H,1-2,5-9H2,3H3,(H,15,18). The minimum Gasteiger partial charge on any atom is -0.461 e. The molecule has 1 fully saturated rings. The summed E-state index contributed by atoms with van der Waals surface area (Å²) in [5, 5.41) is 2.43. The van der Waals surface area contributed by atoms with Crippen molar-refractivity contribution in [2.24, 2.45) is 0 Å². The Morgan fingerprint density at radius 3 is 2.48 bits per heavy atom. The first-order chi connectivity index (χ1) is 9.87. The summed E-state index contributed by atoms with van der Waals surface area (Å²) < 4.78 is 14.9. The van der Waals surface area contributed by atoms with Gasteiger partial charge in [0.25, 0.3) is 0 Å². The van der Waals surface area contributed by atoms with Gasteiger partial charge >= 0.3 is 18.0 Å². The summed E-state index contributed by atoms with van der Waals surface area (Å²) in [6.45, 7) is 8.92. The average Bonchev–Trinajstić information content (AvgIpc) is 2.75. The van der Waals surface area contributed by atoms with Crippen LogP contribution < -0.4 is 5.32 Å². The number of alkyl carbamates (subject to hydrolysis) is 1. The zero-order valence-corrected chi connectivity index (χ0v) is 12.0. The highest BCUT2D eigenvalue weighted by molar-refractivity contribution is 5.79. The lowest BCUT2D eigenvalue weighted by atomic mass is 9.96. The highest BCUT2D eigenvalue weighted by Crippen LogP contribution is 2.26. The molecule has 0 bridgehead atoms. The van der Waals surface area contributed by atoms with Gasteiger partial charge in [0.15, 0.2) is 5.60 Å². The minimum atomic E-state index is -1.28. The van der Waals surface area contributed by atoms with E-state index in [4.69, 9.17) is 14.2 Å². The molecule has 1 heterocycles. The molecule has 7 heteroatoms. The van der Waals surface area contributed by atoms with Crippen LogP contribution in [-0.2, 0) is 23.8 Å². The van der Waals surface area contributed by atoms with Gasteiger partial charge in [-0.3, -0.25) is 9.59 Å². The molecule has 0 aliphatic carbocycles. The predicted octanol–water partition coefficient (Wildman–Crippen LogP) is 1.09. The fourth-order valence-corrected chi connectivity index (χ4v) is 1.75. The van der Waals surface area contributed by atoms with E-state index in [-0.39, 0.29) is 32.6 Å². The number of cyclic esters (lactones) is 1. The van der Waals surface area contributed by atoms with Crippen LogP contribution in [0.5, 0.6) is 0 Å². The quantitative estimate of drug-likeness (QED) is 0.410. The van der Waals surface area contributed by atoms with Crippen molar-refractivity contribution in [1.29, 1.82) is 0 Å². The molecule has 1 N–H and O–H groups in total. The molecule has 116 valence electrons. The van der Waals surface area contributed by atoms with Crippen molar-refractivity contribution in [1.82, 2.24) is 5.32 Å². The number of esters is 2. The molecule has 0 spiro atoms. The van der Waals surface area contributed by atoms with E-state index >= 15 is 0 Å². The maximum absolute atomic E-state index is 11.8. The summed E-state index contributed by atoms with van der Waals surface area (Å²) in [5.74, 6) is -1.16. The molecule has 1 unspecified atom stereocenters. The number of carbonyl (C=O) groups excluding carboxylic acids is 3. The Bertz CT molecular complexity index is 458. The molecule has 0 radical (unpaired) electrons. The maximum atomic E-state index is 11.8. The van der Waals surface area contributed by atoms with Crippen molar-refractivity contribution in [2.45, 2.75) is 25.4 Å². The highest BCUT2D eigenvalue weighted by atomic mass is 16.6. The Kier molecular flexibility index (Phi) is 5.95. The molecule has 1 amide bonds. The van der Waals surface area contributed by atoms with Crippen molar-refractivity contribution in [3.63, 3.8) is 0 Å². The monoisotopic (exact) mass is 297 g/mol. The van der Waals surface area contributed by atoms with Crippen LogP contribution in [0.1, 0.15) is 19.8 Å². The Morgan fingerprint density at radius 2 is 2.00 bits per heavy atom. The predicted molar refractivity (Wildman–Crippen MR) is 73.4 cm³/mol. The molecule has 1 saturated heterocycles. The fourth-order valence-electron chi connectivity index (χ4n) is 1.75. The summed E-state index contributed by atoms with van der Waals surface area (Å²) in [6, 6.07) is 0. The van der Waals surface area contributed by atoms with Gasteiger partial charge in [-0.2, -0.15) is 0 Å². The molecular weight excluding hydrogens is 278 g/mol. The van der Waals surface area contributed by atoms with E-state index in [1.54, 1.807) is 6.92 Å². The van der Waals surface area contributed by atoms with Crippen molar-refractivity contribution in [3.05, 3.63) is 24.8 Å². The van der Waals surface area contributed by atoms with E-state index in [1.807, 2.05) is 0 Å². The van der Waals surface area contributed by atoms with E-state index in [1.165, 1.54) is 6.08 Å². The van der Waals surface area contributed by atoms with Gasteiger partial charge < -0.3 is 19.5 Å². The largest absolute Gasteiger partial charge is 0.461 e. The lowest BCUT2D eigenvalue weighted by Crippen LogP contribution is -2.39. The van der Waals surface area contributed by atoms with E-state index in [0.29, 0.717) is 5.57 Å². The highest BCUT2D eigenvalue weighted by Gasteiger charge is 2.45. The molecule has 1 atom stereocenters. The summed E-state index contributed by atoms with van der Waals surface area (Å²) >= 11 is 0. The third-order valence-corrected chi connectivity index (χ3v) is 2.64. The molecular formula is C14H19NO6. The molecule has 1 rings (SSSR count). The van der Waals surface area contributed by atoms with Crippen LogP contribution in [0.4, 0.5) is 4.79 Å². The second-order valence-corrected chi connectivity index (χ2v) is 4.87. The number of hydrogen-bond donors (Lipinski definition) is 1. The zero-order valence-electron chi connectivity index (χ0n) is 12.0. The van der Waals surface area contributed by atoms with Crippen molar-refractivity contribution in [3.8, 4) is 0 Å². The lowest BCUT2D eigenvalue weighted by molar-refractivity contribution is -0.152. The van der Waals surface area contributed by atoms with E-state index < -0.39 is 23.6 Å². The second kappa shape index (κ2) is 7.47. The van der Waals surface area contributed by atoms with Gasteiger partial charge in [0.2, 0.25) is 0 Å². The fraction of sp³-hybridized carbons (Fsp3) is 0.500. The molecule has 0 aromatic carbocycles. The Labute approximate surface area is 122 Å². The average molecular weight is 297 g/mol. The Balaban J connectivity index is 2.64. The molecule has 0 saturated carbocycles. The molecule has 1 aliphatic heterocycles. The van der Waals surface area contributed by atoms with Crippen LogP contribution in [0.15, 0.2) is 24.8 Å². The summed E-state index contributed by atoms with van der Waals surface area (Å²) in [5.41, 5.74) is -0.592. The Morgan fingerprint density at radius 1 is 1.38 bits per heavy atom. The normalized spacial score (nSPS) is 20.1. The molecule has 7 nitrogen and oxygen atoms in total. The van der Waals surface area contributed by atoms with E-state index in [0.717, 1.165) is 0 Å². The van der Waals surface area contributed by atoms with Gasteiger partial charge in [0.05, 0.1) is 19.4 Å². The Hall–Kier alpha value is -2.31. The first-order valence-electron chi connectivity index (χ1n) is 6.40. The first kappa shape index (κ1) is 16.7.